The maximum atomic E-state index is 4.76. The molecule has 0 aromatic carbocycles. The predicted molar refractivity (Wildman–Crippen MR) is 96.6 cm³/mol. The van der Waals surface area contributed by atoms with Gasteiger partial charge >= 0.3 is 0 Å². The first kappa shape index (κ1) is 16.1. The average molecular weight is 336 g/mol. The van der Waals surface area contributed by atoms with E-state index in [0.717, 1.165) is 30.1 Å². The summed E-state index contributed by atoms with van der Waals surface area (Å²) in [5.74, 6) is 0. The van der Waals surface area contributed by atoms with E-state index in [1.54, 1.807) is 22.7 Å². The SMILES string of the molecule is CC1(C)CC(NCc2csc(-c3ccsc3)n2)CC(C)(C)N1. The lowest BCUT2D eigenvalue weighted by molar-refractivity contribution is 0.145. The number of nitrogens with one attached hydrogen (secondary N) is 2. The van der Waals surface area contributed by atoms with Crippen molar-refractivity contribution in [3.05, 3.63) is 27.9 Å². The fourth-order valence-electron chi connectivity index (χ4n) is 3.62. The van der Waals surface area contributed by atoms with E-state index in [2.05, 4.69) is 60.5 Å². The van der Waals surface area contributed by atoms with E-state index >= 15 is 0 Å². The molecule has 0 radical (unpaired) electrons. The first-order chi connectivity index (χ1) is 10.3. The van der Waals surface area contributed by atoms with Crippen molar-refractivity contribution in [3.8, 4) is 10.6 Å². The predicted octanol–water partition coefficient (Wildman–Crippen LogP) is 4.27. The molecule has 2 aromatic rings. The summed E-state index contributed by atoms with van der Waals surface area (Å²) in [6.07, 6.45) is 2.30. The third-order valence-corrected chi connectivity index (χ3v) is 5.71. The van der Waals surface area contributed by atoms with E-state index in [1.807, 2.05) is 0 Å². The number of aromatic nitrogens is 1. The van der Waals surface area contributed by atoms with Crippen LogP contribution in [0.2, 0.25) is 0 Å². The monoisotopic (exact) mass is 335 g/mol. The van der Waals surface area contributed by atoms with Crippen LogP contribution in [0.5, 0.6) is 0 Å². The second kappa shape index (κ2) is 6.04. The maximum Gasteiger partial charge on any atom is 0.124 e. The zero-order valence-corrected chi connectivity index (χ0v) is 15.4. The molecule has 1 aliphatic rings. The van der Waals surface area contributed by atoms with Crippen molar-refractivity contribution >= 4 is 22.7 Å². The van der Waals surface area contributed by atoms with Crippen LogP contribution in [0.15, 0.2) is 22.2 Å². The largest absolute Gasteiger partial charge is 0.308 e. The van der Waals surface area contributed by atoms with Crippen LogP contribution in [0.25, 0.3) is 10.6 Å². The van der Waals surface area contributed by atoms with Crippen LogP contribution in [0.4, 0.5) is 0 Å². The van der Waals surface area contributed by atoms with Gasteiger partial charge in [-0.25, -0.2) is 4.98 Å². The Hall–Kier alpha value is -0.750. The molecule has 1 aliphatic heterocycles. The summed E-state index contributed by atoms with van der Waals surface area (Å²) < 4.78 is 0. The van der Waals surface area contributed by atoms with E-state index in [9.17, 15) is 0 Å². The van der Waals surface area contributed by atoms with Gasteiger partial charge in [-0.15, -0.1) is 11.3 Å². The molecule has 3 heterocycles. The third-order valence-electron chi connectivity index (χ3n) is 4.08. The van der Waals surface area contributed by atoms with Crippen LogP contribution in [0.1, 0.15) is 46.2 Å². The molecule has 0 unspecified atom stereocenters. The van der Waals surface area contributed by atoms with Gasteiger partial charge in [-0.3, -0.25) is 0 Å². The molecule has 0 saturated carbocycles. The standard InChI is InChI=1S/C17H25N3S2/c1-16(2)7-13(8-17(3,4)20-16)18-9-14-11-22-15(19-14)12-5-6-21-10-12/h5-6,10-11,13,18,20H,7-9H2,1-4H3. The van der Waals surface area contributed by atoms with Gasteiger partial charge in [0.05, 0.1) is 5.69 Å². The topological polar surface area (TPSA) is 37.0 Å². The third kappa shape index (κ3) is 3.96. The lowest BCUT2D eigenvalue weighted by Crippen LogP contribution is -2.61. The van der Waals surface area contributed by atoms with E-state index < -0.39 is 0 Å². The van der Waals surface area contributed by atoms with Crippen molar-refractivity contribution in [1.82, 2.24) is 15.6 Å². The quantitative estimate of drug-likeness (QED) is 0.876. The molecule has 120 valence electrons. The van der Waals surface area contributed by atoms with Crippen LogP contribution in [-0.4, -0.2) is 22.1 Å². The van der Waals surface area contributed by atoms with Crippen molar-refractivity contribution in [2.75, 3.05) is 0 Å². The van der Waals surface area contributed by atoms with Crippen LogP contribution in [0, 0.1) is 0 Å². The Kier molecular flexibility index (Phi) is 4.42. The molecule has 0 spiro atoms. The van der Waals surface area contributed by atoms with Gasteiger partial charge in [0.2, 0.25) is 0 Å². The van der Waals surface area contributed by atoms with Crippen LogP contribution >= 0.6 is 22.7 Å². The molecule has 1 fully saturated rings. The number of thiophene rings is 1. The highest BCUT2D eigenvalue weighted by atomic mass is 32.1. The van der Waals surface area contributed by atoms with Crippen molar-refractivity contribution < 1.29 is 0 Å². The van der Waals surface area contributed by atoms with Gasteiger partial charge in [0.15, 0.2) is 0 Å². The highest BCUT2D eigenvalue weighted by Gasteiger charge is 2.37. The fourth-order valence-corrected chi connectivity index (χ4v) is 5.15. The smallest absolute Gasteiger partial charge is 0.124 e. The molecule has 1 saturated heterocycles. The molecule has 3 rings (SSSR count). The molecular formula is C17H25N3S2. The molecule has 22 heavy (non-hydrogen) atoms. The summed E-state index contributed by atoms with van der Waals surface area (Å²) in [6.45, 7) is 10.0. The van der Waals surface area contributed by atoms with Crippen molar-refractivity contribution in [1.29, 1.82) is 0 Å². The minimum atomic E-state index is 0.184. The number of nitrogens with zero attached hydrogens (tertiary/aromatic N) is 1. The summed E-state index contributed by atoms with van der Waals surface area (Å²) in [7, 11) is 0. The second-order valence-corrected chi connectivity index (χ2v) is 9.17. The molecule has 0 amide bonds. The normalized spacial score (nSPS) is 21.1. The number of thiazole rings is 1. The summed E-state index contributed by atoms with van der Waals surface area (Å²) in [5.41, 5.74) is 2.76. The van der Waals surface area contributed by atoms with Gasteiger partial charge in [0.1, 0.15) is 5.01 Å². The molecule has 0 aliphatic carbocycles. The number of piperidine rings is 1. The van der Waals surface area contributed by atoms with E-state index in [-0.39, 0.29) is 11.1 Å². The van der Waals surface area contributed by atoms with Crippen molar-refractivity contribution in [2.24, 2.45) is 0 Å². The molecule has 2 aromatic heterocycles. The average Bonchev–Trinajstić information content (AvgIpc) is 3.04. The Morgan fingerprint density at radius 1 is 1.23 bits per heavy atom. The molecular weight excluding hydrogens is 310 g/mol. The van der Waals surface area contributed by atoms with Gasteiger partial charge in [-0.1, -0.05) is 0 Å². The summed E-state index contributed by atoms with van der Waals surface area (Å²) in [6, 6.07) is 2.68. The Balaban J connectivity index is 1.61. The Labute approximate surface area is 141 Å². The summed E-state index contributed by atoms with van der Waals surface area (Å²) in [4.78, 5) is 4.76. The Bertz CT molecular complexity index is 598. The van der Waals surface area contributed by atoms with E-state index in [1.165, 1.54) is 5.56 Å². The lowest BCUT2D eigenvalue weighted by atomic mass is 9.79. The van der Waals surface area contributed by atoms with Gasteiger partial charge in [-0.2, -0.15) is 11.3 Å². The molecule has 0 atom stereocenters. The van der Waals surface area contributed by atoms with Gasteiger partial charge < -0.3 is 10.6 Å². The van der Waals surface area contributed by atoms with Crippen molar-refractivity contribution in [2.45, 2.75) is 64.2 Å². The minimum Gasteiger partial charge on any atom is -0.308 e. The van der Waals surface area contributed by atoms with Crippen molar-refractivity contribution in [3.63, 3.8) is 0 Å². The zero-order valence-electron chi connectivity index (χ0n) is 13.8. The zero-order chi connectivity index (χ0) is 15.8. The minimum absolute atomic E-state index is 0.184. The van der Waals surface area contributed by atoms with Gasteiger partial charge in [0, 0.05) is 40.0 Å². The van der Waals surface area contributed by atoms with Gasteiger partial charge in [-0.05, 0) is 52.0 Å². The Morgan fingerprint density at radius 2 is 1.95 bits per heavy atom. The van der Waals surface area contributed by atoms with Crippen LogP contribution < -0.4 is 10.6 Å². The first-order valence-corrected chi connectivity index (χ1v) is 9.65. The highest BCUT2D eigenvalue weighted by Crippen LogP contribution is 2.29. The maximum absolute atomic E-state index is 4.76. The molecule has 0 bridgehead atoms. The molecule has 5 heteroatoms. The Morgan fingerprint density at radius 3 is 2.59 bits per heavy atom. The van der Waals surface area contributed by atoms with E-state index in [4.69, 9.17) is 4.98 Å². The lowest BCUT2D eigenvalue weighted by Gasteiger charge is -2.46. The fraction of sp³-hybridized carbons (Fsp3) is 0.588. The number of rotatable bonds is 4. The number of hydrogen-bond donors (Lipinski definition) is 2. The molecule has 2 N–H and O–H groups in total. The first-order valence-electron chi connectivity index (χ1n) is 7.83. The van der Waals surface area contributed by atoms with Crippen LogP contribution in [-0.2, 0) is 6.54 Å². The highest BCUT2D eigenvalue weighted by molar-refractivity contribution is 7.14. The van der Waals surface area contributed by atoms with E-state index in [0.29, 0.717) is 6.04 Å². The molecule has 3 nitrogen and oxygen atoms in total. The second-order valence-electron chi connectivity index (χ2n) is 7.53. The van der Waals surface area contributed by atoms with Crippen LogP contribution in [0.3, 0.4) is 0 Å². The summed E-state index contributed by atoms with van der Waals surface area (Å²) in [5, 5.41) is 15.0. The number of hydrogen-bond acceptors (Lipinski definition) is 5. The van der Waals surface area contributed by atoms with Gasteiger partial charge in [0.25, 0.3) is 0 Å². The summed E-state index contributed by atoms with van der Waals surface area (Å²) >= 11 is 3.46.